The SMILES string of the molecule is COc1cccn2ccc(C(=O)CNC(=O)[C@H](C)N)c12. The van der Waals surface area contributed by atoms with Crippen molar-refractivity contribution in [1.29, 1.82) is 0 Å². The lowest BCUT2D eigenvalue weighted by Gasteiger charge is -2.08. The van der Waals surface area contributed by atoms with E-state index in [0.29, 0.717) is 16.8 Å². The van der Waals surface area contributed by atoms with Crippen LogP contribution >= 0.6 is 0 Å². The second kappa shape index (κ2) is 5.75. The molecule has 2 rings (SSSR count). The average Bonchev–Trinajstić information content (AvgIpc) is 2.88. The fourth-order valence-electron chi connectivity index (χ4n) is 1.95. The zero-order valence-corrected chi connectivity index (χ0v) is 11.4. The molecule has 0 unspecified atom stereocenters. The Labute approximate surface area is 116 Å². The molecule has 6 heteroatoms. The summed E-state index contributed by atoms with van der Waals surface area (Å²) in [5.74, 6) is 0.0687. The molecule has 0 aliphatic carbocycles. The number of amides is 1. The summed E-state index contributed by atoms with van der Waals surface area (Å²) in [6, 6.07) is 4.69. The first kappa shape index (κ1) is 14.1. The Morgan fingerprint density at radius 2 is 2.15 bits per heavy atom. The molecule has 0 spiro atoms. The van der Waals surface area contributed by atoms with Gasteiger partial charge in [0.15, 0.2) is 5.78 Å². The molecule has 106 valence electrons. The number of hydrogen-bond acceptors (Lipinski definition) is 4. The second-order valence-electron chi connectivity index (χ2n) is 4.49. The monoisotopic (exact) mass is 275 g/mol. The first-order valence-corrected chi connectivity index (χ1v) is 6.24. The normalized spacial score (nSPS) is 12.2. The first-order chi connectivity index (χ1) is 9.54. The Morgan fingerprint density at radius 3 is 2.80 bits per heavy atom. The third-order valence-corrected chi connectivity index (χ3v) is 3.00. The molecule has 1 amide bonds. The van der Waals surface area contributed by atoms with Gasteiger partial charge in [0.05, 0.1) is 25.2 Å². The summed E-state index contributed by atoms with van der Waals surface area (Å²) in [4.78, 5) is 23.6. The molecular formula is C14H17N3O3. The molecule has 1 atom stereocenters. The maximum absolute atomic E-state index is 12.2. The van der Waals surface area contributed by atoms with Crippen molar-refractivity contribution in [2.45, 2.75) is 13.0 Å². The quantitative estimate of drug-likeness (QED) is 0.782. The molecule has 2 aromatic heterocycles. The van der Waals surface area contributed by atoms with Crippen LogP contribution in [0.3, 0.4) is 0 Å². The number of fused-ring (bicyclic) bond motifs is 1. The Bertz CT molecular complexity index is 646. The minimum atomic E-state index is -0.636. The first-order valence-electron chi connectivity index (χ1n) is 6.24. The van der Waals surface area contributed by atoms with Gasteiger partial charge in [0.25, 0.3) is 0 Å². The number of carbonyl (C=O) groups is 2. The minimum absolute atomic E-state index is 0.0852. The van der Waals surface area contributed by atoms with Crippen LogP contribution in [-0.4, -0.2) is 35.8 Å². The highest BCUT2D eigenvalue weighted by Crippen LogP contribution is 2.24. The van der Waals surface area contributed by atoms with E-state index in [2.05, 4.69) is 5.32 Å². The summed E-state index contributed by atoms with van der Waals surface area (Å²) in [6.45, 7) is 1.48. The van der Waals surface area contributed by atoms with Crippen molar-refractivity contribution in [1.82, 2.24) is 9.72 Å². The fraction of sp³-hybridized carbons (Fsp3) is 0.286. The number of Topliss-reactive ketones (excluding diaryl/α,β-unsaturated/α-hetero) is 1. The van der Waals surface area contributed by atoms with E-state index in [-0.39, 0.29) is 18.2 Å². The Balaban J connectivity index is 2.24. The van der Waals surface area contributed by atoms with Crippen molar-refractivity contribution < 1.29 is 14.3 Å². The van der Waals surface area contributed by atoms with Crippen molar-refractivity contribution in [3.63, 3.8) is 0 Å². The number of methoxy groups -OCH3 is 1. The molecule has 6 nitrogen and oxygen atoms in total. The topological polar surface area (TPSA) is 85.8 Å². The van der Waals surface area contributed by atoms with Gasteiger partial charge < -0.3 is 20.2 Å². The number of carbonyl (C=O) groups excluding carboxylic acids is 2. The average molecular weight is 275 g/mol. The molecule has 20 heavy (non-hydrogen) atoms. The molecule has 3 N–H and O–H groups in total. The predicted octanol–water partition coefficient (Wildman–Crippen LogP) is 0.594. The molecule has 2 heterocycles. The number of ether oxygens (including phenoxy) is 1. The van der Waals surface area contributed by atoms with Crippen molar-refractivity contribution >= 4 is 17.2 Å². The highest BCUT2D eigenvalue weighted by atomic mass is 16.5. The lowest BCUT2D eigenvalue weighted by Crippen LogP contribution is -2.40. The molecular weight excluding hydrogens is 258 g/mol. The lowest BCUT2D eigenvalue weighted by atomic mass is 10.1. The molecule has 0 aliphatic heterocycles. The van der Waals surface area contributed by atoms with Gasteiger partial charge >= 0.3 is 0 Å². The number of ketones is 1. The van der Waals surface area contributed by atoms with Crippen LogP contribution in [0.2, 0.25) is 0 Å². The van der Waals surface area contributed by atoms with Crippen molar-refractivity contribution in [3.05, 3.63) is 36.2 Å². The van der Waals surface area contributed by atoms with Gasteiger partial charge in [0, 0.05) is 18.0 Å². The number of pyridine rings is 1. The van der Waals surface area contributed by atoms with Gasteiger partial charge in [-0.2, -0.15) is 0 Å². The minimum Gasteiger partial charge on any atom is -0.495 e. The van der Waals surface area contributed by atoms with Crippen LogP contribution in [0, 0.1) is 0 Å². The van der Waals surface area contributed by atoms with E-state index < -0.39 is 6.04 Å². The molecule has 0 saturated carbocycles. The standard InChI is InChI=1S/C14H17N3O3/c1-9(15)14(19)16-8-11(18)10-5-7-17-6-3-4-12(20-2)13(10)17/h3-7,9H,8,15H2,1-2H3,(H,16,19)/t9-/m0/s1. The van der Waals surface area contributed by atoms with E-state index >= 15 is 0 Å². The van der Waals surface area contributed by atoms with Crippen molar-refractivity contribution in [2.24, 2.45) is 5.73 Å². The van der Waals surface area contributed by atoms with E-state index in [4.69, 9.17) is 10.5 Å². The number of nitrogens with two attached hydrogens (primary N) is 1. The maximum Gasteiger partial charge on any atom is 0.237 e. The number of nitrogens with one attached hydrogen (secondary N) is 1. The highest BCUT2D eigenvalue weighted by Gasteiger charge is 2.16. The van der Waals surface area contributed by atoms with Gasteiger partial charge in [-0.1, -0.05) is 0 Å². The summed E-state index contributed by atoms with van der Waals surface area (Å²) in [5.41, 5.74) is 6.63. The summed E-state index contributed by atoms with van der Waals surface area (Å²) in [7, 11) is 1.55. The van der Waals surface area contributed by atoms with Crippen LogP contribution in [0.1, 0.15) is 17.3 Å². The van der Waals surface area contributed by atoms with Gasteiger partial charge in [-0.3, -0.25) is 9.59 Å². The Hall–Kier alpha value is -2.34. The highest BCUT2D eigenvalue weighted by molar-refractivity contribution is 6.06. The molecule has 0 bridgehead atoms. The smallest absolute Gasteiger partial charge is 0.237 e. The zero-order chi connectivity index (χ0) is 14.7. The second-order valence-corrected chi connectivity index (χ2v) is 4.49. The van der Waals surface area contributed by atoms with Crippen molar-refractivity contribution in [3.8, 4) is 5.75 Å². The van der Waals surface area contributed by atoms with Crippen LogP contribution < -0.4 is 15.8 Å². The molecule has 0 saturated heterocycles. The van der Waals surface area contributed by atoms with Gasteiger partial charge in [-0.15, -0.1) is 0 Å². The van der Waals surface area contributed by atoms with Crippen LogP contribution in [-0.2, 0) is 4.79 Å². The number of nitrogens with zero attached hydrogens (tertiary/aromatic N) is 1. The van der Waals surface area contributed by atoms with E-state index in [0.717, 1.165) is 0 Å². The molecule has 2 aromatic rings. The molecule has 0 aromatic carbocycles. The number of rotatable bonds is 5. The largest absolute Gasteiger partial charge is 0.495 e. The molecule has 0 aliphatic rings. The van der Waals surface area contributed by atoms with Crippen molar-refractivity contribution in [2.75, 3.05) is 13.7 Å². The van der Waals surface area contributed by atoms with E-state index in [1.54, 1.807) is 36.8 Å². The molecule has 0 fully saturated rings. The van der Waals surface area contributed by atoms with E-state index in [1.165, 1.54) is 0 Å². The number of aromatic nitrogens is 1. The fourth-order valence-corrected chi connectivity index (χ4v) is 1.95. The summed E-state index contributed by atoms with van der Waals surface area (Å²) in [6.07, 6.45) is 3.60. The van der Waals surface area contributed by atoms with Gasteiger partial charge in [-0.05, 0) is 25.1 Å². The Kier molecular flexibility index (Phi) is 4.05. The molecule has 0 radical (unpaired) electrons. The van der Waals surface area contributed by atoms with Gasteiger partial charge in [-0.25, -0.2) is 0 Å². The van der Waals surface area contributed by atoms with Crippen LogP contribution in [0.5, 0.6) is 5.75 Å². The third kappa shape index (κ3) is 2.65. The summed E-state index contributed by atoms with van der Waals surface area (Å²) < 4.78 is 7.07. The summed E-state index contributed by atoms with van der Waals surface area (Å²) in [5, 5.41) is 2.51. The van der Waals surface area contributed by atoms with E-state index in [1.807, 2.05) is 12.3 Å². The maximum atomic E-state index is 12.2. The van der Waals surface area contributed by atoms with Crippen LogP contribution in [0.25, 0.3) is 5.52 Å². The zero-order valence-electron chi connectivity index (χ0n) is 11.4. The number of hydrogen-bond donors (Lipinski definition) is 2. The Morgan fingerprint density at radius 1 is 1.40 bits per heavy atom. The van der Waals surface area contributed by atoms with Crippen LogP contribution in [0.15, 0.2) is 30.6 Å². The van der Waals surface area contributed by atoms with Gasteiger partial charge in [0.2, 0.25) is 5.91 Å². The predicted molar refractivity (Wildman–Crippen MR) is 74.9 cm³/mol. The summed E-state index contributed by atoms with van der Waals surface area (Å²) >= 11 is 0. The third-order valence-electron chi connectivity index (χ3n) is 3.00. The van der Waals surface area contributed by atoms with Gasteiger partial charge in [0.1, 0.15) is 5.75 Å². The van der Waals surface area contributed by atoms with E-state index in [9.17, 15) is 9.59 Å². The van der Waals surface area contributed by atoms with Crippen LogP contribution in [0.4, 0.5) is 0 Å². The lowest BCUT2D eigenvalue weighted by molar-refractivity contribution is -0.121.